The molecule has 0 aliphatic heterocycles. The molecule has 3 aromatic rings. The van der Waals surface area contributed by atoms with Crippen molar-refractivity contribution in [3.8, 4) is 5.69 Å². The van der Waals surface area contributed by atoms with Gasteiger partial charge >= 0.3 is 0 Å². The molecule has 4 nitrogen and oxygen atoms in total. The standard InChI is InChI=1S/C20H19F2N3O/c21-16-5-3-14(18(22)12-16)11-15-4-8-19(26)25(20(15)24)17-6-1-13(2-7-17)9-10-23/h1-8,12H,9-11,23-24H2. The van der Waals surface area contributed by atoms with Crippen molar-refractivity contribution in [3.63, 3.8) is 0 Å². The highest BCUT2D eigenvalue weighted by molar-refractivity contribution is 5.50. The van der Waals surface area contributed by atoms with Crippen LogP contribution >= 0.6 is 0 Å². The van der Waals surface area contributed by atoms with Crippen LogP contribution in [0.4, 0.5) is 14.6 Å². The lowest BCUT2D eigenvalue weighted by Crippen LogP contribution is -2.22. The molecule has 0 radical (unpaired) electrons. The van der Waals surface area contributed by atoms with Crippen molar-refractivity contribution in [3.05, 3.63) is 93.3 Å². The second-order valence-electron chi connectivity index (χ2n) is 6.04. The maximum Gasteiger partial charge on any atom is 0.256 e. The van der Waals surface area contributed by atoms with E-state index >= 15 is 0 Å². The molecule has 0 atom stereocenters. The van der Waals surface area contributed by atoms with Gasteiger partial charge in [-0.1, -0.05) is 18.2 Å². The van der Waals surface area contributed by atoms with Crippen molar-refractivity contribution in [2.75, 3.05) is 12.3 Å². The Morgan fingerprint density at radius 2 is 1.62 bits per heavy atom. The van der Waals surface area contributed by atoms with Crippen LogP contribution in [0.15, 0.2) is 59.4 Å². The van der Waals surface area contributed by atoms with Gasteiger partial charge in [0.2, 0.25) is 0 Å². The van der Waals surface area contributed by atoms with Crippen LogP contribution in [0.3, 0.4) is 0 Å². The van der Waals surface area contributed by atoms with Gasteiger partial charge in [-0.15, -0.1) is 0 Å². The van der Waals surface area contributed by atoms with Crippen molar-refractivity contribution in [2.24, 2.45) is 5.73 Å². The lowest BCUT2D eigenvalue weighted by Gasteiger charge is -2.14. The number of hydrogen-bond acceptors (Lipinski definition) is 3. The van der Waals surface area contributed by atoms with Gasteiger partial charge in [0.15, 0.2) is 0 Å². The van der Waals surface area contributed by atoms with Crippen LogP contribution in [0.2, 0.25) is 0 Å². The van der Waals surface area contributed by atoms with Crippen molar-refractivity contribution in [1.82, 2.24) is 4.57 Å². The van der Waals surface area contributed by atoms with Gasteiger partial charge in [-0.05, 0) is 53.9 Å². The van der Waals surface area contributed by atoms with Crippen molar-refractivity contribution in [2.45, 2.75) is 12.8 Å². The highest BCUT2D eigenvalue weighted by atomic mass is 19.1. The number of pyridine rings is 1. The van der Waals surface area contributed by atoms with Crippen molar-refractivity contribution < 1.29 is 8.78 Å². The molecule has 0 aliphatic rings. The Bertz CT molecular complexity index is 981. The third-order valence-electron chi connectivity index (χ3n) is 4.24. The summed E-state index contributed by atoms with van der Waals surface area (Å²) in [6, 6.07) is 13.7. The Morgan fingerprint density at radius 3 is 2.27 bits per heavy atom. The van der Waals surface area contributed by atoms with Crippen LogP contribution in [0.1, 0.15) is 16.7 Å². The van der Waals surface area contributed by atoms with E-state index in [2.05, 4.69) is 0 Å². The zero-order valence-electron chi connectivity index (χ0n) is 14.1. The maximum absolute atomic E-state index is 13.9. The molecule has 0 amide bonds. The molecule has 0 saturated heterocycles. The number of anilines is 1. The monoisotopic (exact) mass is 355 g/mol. The summed E-state index contributed by atoms with van der Waals surface area (Å²) < 4.78 is 28.4. The predicted molar refractivity (Wildman–Crippen MR) is 98.4 cm³/mol. The quantitative estimate of drug-likeness (QED) is 0.739. The molecule has 3 rings (SSSR count). The molecule has 1 heterocycles. The summed E-state index contributed by atoms with van der Waals surface area (Å²) in [5.74, 6) is -1.05. The highest BCUT2D eigenvalue weighted by Crippen LogP contribution is 2.21. The fourth-order valence-corrected chi connectivity index (χ4v) is 2.86. The Labute approximate surface area is 149 Å². The van der Waals surface area contributed by atoms with E-state index in [4.69, 9.17) is 11.5 Å². The molecular weight excluding hydrogens is 336 g/mol. The van der Waals surface area contributed by atoms with Gasteiger partial charge in [-0.25, -0.2) is 8.78 Å². The first-order valence-electron chi connectivity index (χ1n) is 8.23. The average molecular weight is 355 g/mol. The number of halogens is 2. The first-order valence-corrected chi connectivity index (χ1v) is 8.23. The Morgan fingerprint density at radius 1 is 0.923 bits per heavy atom. The fraction of sp³-hybridized carbons (Fsp3) is 0.150. The second kappa shape index (κ2) is 7.49. The summed E-state index contributed by atoms with van der Waals surface area (Å²) in [5.41, 5.74) is 14.0. The van der Waals surface area contributed by atoms with E-state index in [1.165, 1.54) is 22.8 Å². The smallest absolute Gasteiger partial charge is 0.256 e. The van der Waals surface area contributed by atoms with Crippen LogP contribution in [0, 0.1) is 11.6 Å². The zero-order chi connectivity index (χ0) is 18.7. The van der Waals surface area contributed by atoms with Gasteiger partial charge < -0.3 is 11.5 Å². The third-order valence-corrected chi connectivity index (χ3v) is 4.24. The van der Waals surface area contributed by atoms with Gasteiger partial charge in [0.25, 0.3) is 5.56 Å². The van der Waals surface area contributed by atoms with Gasteiger partial charge in [-0.3, -0.25) is 9.36 Å². The van der Waals surface area contributed by atoms with Gasteiger partial charge in [0.1, 0.15) is 17.5 Å². The largest absolute Gasteiger partial charge is 0.384 e. The molecule has 0 spiro atoms. The number of hydrogen-bond donors (Lipinski definition) is 2. The summed E-state index contributed by atoms with van der Waals surface area (Å²) in [6.07, 6.45) is 0.901. The Hall–Kier alpha value is -2.99. The van der Waals surface area contributed by atoms with E-state index in [1.54, 1.807) is 18.2 Å². The van der Waals surface area contributed by atoms with E-state index in [0.29, 0.717) is 23.4 Å². The van der Waals surface area contributed by atoms with E-state index in [-0.39, 0.29) is 17.8 Å². The van der Waals surface area contributed by atoms with E-state index < -0.39 is 11.6 Å². The molecular formula is C20H19F2N3O. The number of rotatable bonds is 5. The average Bonchev–Trinajstić information content (AvgIpc) is 2.61. The molecule has 6 heteroatoms. The molecule has 0 aliphatic carbocycles. The van der Waals surface area contributed by atoms with Crippen molar-refractivity contribution in [1.29, 1.82) is 0 Å². The summed E-state index contributed by atoms with van der Waals surface area (Å²) in [7, 11) is 0. The van der Waals surface area contributed by atoms with Crippen LogP contribution in [0.25, 0.3) is 5.69 Å². The first-order chi connectivity index (χ1) is 12.5. The van der Waals surface area contributed by atoms with Gasteiger partial charge in [-0.2, -0.15) is 0 Å². The van der Waals surface area contributed by atoms with Gasteiger partial charge in [0.05, 0.1) is 5.69 Å². The Balaban J connectivity index is 1.99. The van der Waals surface area contributed by atoms with E-state index in [9.17, 15) is 13.6 Å². The number of nitrogens with zero attached hydrogens (tertiary/aromatic N) is 1. The van der Waals surface area contributed by atoms with E-state index in [0.717, 1.165) is 18.1 Å². The second-order valence-corrected chi connectivity index (χ2v) is 6.04. The van der Waals surface area contributed by atoms with Crippen molar-refractivity contribution >= 4 is 5.82 Å². The van der Waals surface area contributed by atoms with Crippen LogP contribution in [-0.2, 0) is 12.8 Å². The normalized spacial score (nSPS) is 10.9. The minimum atomic E-state index is -0.645. The summed E-state index contributed by atoms with van der Waals surface area (Å²) in [6.45, 7) is 0.542. The number of nitrogens with two attached hydrogens (primary N) is 2. The fourth-order valence-electron chi connectivity index (χ4n) is 2.86. The van der Waals surface area contributed by atoms with Gasteiger partial charge in [0, 0.05) is 18.6 Å². The molecule has 134 valence electrons. The molecule has 4 N–H and O–H groups in total. The van der Waals surface area contributed by atoms with Crippen LogP contribution in [0.5, 0.6) is 0 Å². The maximum atomic E-state index is 13.9. The minimum absolute atomic E-state index is 0.156. The zero-order valence-corrected chi connectivity index (χ0v) is 14.1. The third kappa shape index (κ3) is 3.65. The molecule has 2 aromatic carbocycles. The Kier molecular flexibility index (Phi) is 5.14. The lowest BCUT2D eigenvalue weighted by molar-refractivity contribution is 0.574. The lowest BCUT2D eigenvalue weighted by atomic mass is 10.0. The SMILES string of the molecule is NCCc1ccc(-n2c(N)c(Cc3ccc(F)cc3F)ccc2=O)cc1. The number of benzene rings is 2. The molecule has 26 heavy (non-hydrogen) atoms. The molecule has 0 fully saturated rings. The van der Waals surface area contributed by atoms with Crippen LogP contribution in [-0.4, -0.2) is 11.1 Å². The molecule has 0 bridgehead atoms. The molecule has 0 saturated carbocycles. The minimum Gasteiger partial charge on any atom is -0.384 e. The summed E-state index contributed by atoms with van der Waals surface area (Å²) in [4.78, 5) is 12.3. The first kappa shape index (κ1) is 17.8. The molecule has 1 aromatic heterocycles. The predicted octanol–water partition coefficient (Wildman–Crippen LogP) is 2.79. The highest BCUT2D eigenvalue weighted by Gasteiger charge is 2.12. The number of nitrogen functional groups attached to an aromatic ring is 1. The summed E-state index contributed by atoms with van der Waals surface area (Å²) in [5, 5.41) is 0. The number of aromatic nitrogens is 1. The van der Waals surface area contributed by atoms with Crippen LogP contribution < -0.4 is 17.0 Å². The van der Waals surface area contributed by atoms with E-state index in [1.807, 2.05) is 12.1 Å². The summed E-state index contributed by atoms with van der Waals surface area (Å²) >= 11 is 0. The topological polar surface area (TPSA) is 74.0 Å². The molecule has 0 unspecified atom stereocenters.